The monoisotopic (exact) mass is 232 g/mol. The second-order valence-electron chi connectivity index (χ2n) is 3.97. The molecule has 17 heavy (non-hydrogen) atoms. The highest BCUT2D eigenvalue weighted by molar-refractivity contribution is 5.28. The lowest BCUT2D eigenvalue weighted by molar-refractivity contribution is 0.177. The molecule has 1 atom stereocenters. The van der Waals surface area contributed by atoms with Crippen LogP contribution in [0.5, 0.6) is 0 Å². The third kappa shape index (κ3) is 2.85. The quantitative estimate of drug-likeness (QED) is 0.882. The molecule has 0 fully saturated rings. The summed E-state index contributed by atoms with van der Waals surface area (Å²) >= 11 is 0. The van der Waals surface area contributed by atoms with E-state index in [4.69, 9.17) is 0 Å². The minimum atomic E-state index is -0.689. The van der Waals surface area contributed by atoms with Gasteiger partial charge in [0.25, 0.3) is 0 Å². The molecule has 0 aliphatic carbocycles. The van der Waals surface area contributed by atoms with Gasteiger partial charge in [0.2, 0.25) is 0 Å². The van der Waals surface area contributed by atoms with Crippen LogP contribution in [-0.2, 0) is 6.42 Å². The largest absolute Gasteiger partial charge is 0.388 e. The van der Waals surface area contributed by atoms with E-state index >= 15 is 0 Å². The van der Waals surface area contributed by atoms with Gasteiger partial charge in [0.05, 0.1) is 12.3 Å². The molecule has 88 valence electrons. The smallest absolute Gasteiger partial charge is 0.123 e. The van der Waals surface area contributed by atoms with Gasteiger partial charge in [0, 0.05) is 18.2 Å². The van der Waals surface area contributed by atoms with Crippen molar-refractivity contribution in [1.82, 2.24) is 10.2 Å². The molecule has 0 amide bonds. The highest BCUT2D eigenvalue weighted by Crippen LogP contribution is 2.20. The molecule has 4 heteroatoms. The van der Waals surface area contributed by atoms with E-state index in [1.165, 1.54) is 24.5 Å². The topological polar surface area (TPSA) is 46.0 Å². The molecule has 0 saturated carbocycles. The van der Waals surface area contributed by atoms with E-state index < -0.39 is 6.10 Å². The Morgan fingerprint density at radius 1 is 1.29 bits per heavy atom. The summed E-state index contributed by atoms with van der Waals surface area (Å²) in [5.41, 5.74) is 2.45. The summed E-state index contributed by atoms with van der Waals surface area (Å²) in [5.74, 6) is -0.286. The zero-order valence-electron chi connectivity index (χ0n) is 9.47. The van der Waals surface area contributed by atoms with Gasteiger partial charge in [-0.05, 0) is 36.2 Å². The summed E-state index contributed by atoms with van der Waals surface area (Å²) in [6, 6.07) is 6.28. The molecule has 1 aromatic carbocycles. The Balaban J connectivity index is 2.18. The summed E-state index contributed by atoms with van der Waals surface area (Å²) in [6.07, 6.45) is 2.72. The Labute approximate surface area is 99.0 Å². The van der Waals surface area contributed by atoms with Crippen LogP contribution in [-0.4, -0.2) is 15.3 Å². The molecule has 0 bridgehead atoms. The molecule has 2 rings (SSSR count). The number of benzene rings is 1. The van der Waals surface area contributed by atoms with E-state index in [0.29, 0.717) is 12.0 Å². The number of rotatable bonds is 3. The number of hydrogen-bond donors (Lipinski definition) is 1. The summed E-state index contributed by atoms with van der Waals surface area (Å²) in [4.78, 5) is 0. The molecule has 0 spiro atoms. The first-order valence-corrected chi connectivity index (χ1v) is 5.36. The van der Waals surface area contributed by atoms with Gasteiger partial charge in [-0.25, -0.2) is 4.39 Å². The van der Waals surface area contributed by atoms with Crippen LogP contribution in [0.1, 0.15) is 22.8 Å². The average Bonchev–Trinajstić information content (AvgIpc) is 2.35. The molecule has 1 heterocycles. The molecule has 3 nitrogen and oxygen atoms in total. The molecular formula is C13H13FN2O. The van der Waals surface area contributed by atoms with Gasteiger partial charge in [-0.2, -0.15) is 10.2 Å². The van der Waals surface area contributed by atoms with Crippen molar-refractivity contribution in [3.8, 4) is 0 Å². The van der Waals surface area contributed by atoms with E-state index in [9.17, 15) is 9.50 Å². The number of aromatic nitrogens is 2. The van der Waals surface area contributed by atoms with Gasteiger partial charge in [0.15, 0.2) is 0 Å². The first kappa shape index (κ1) is 11.7. The summed E-state index contributed by atoms with van der Waals surface area (Å²) in [6.45, 7) is 1.90. The number of aliphatic hydroxyl groups is 1. The first-order chi connectivity index (χ1) is 8.16. The van der Waals surface area contributed by atoms with Crippen LogP contribution < -0.4 is 0 Å². The van der Waals surface area contributed by atoms with Gasteiger partial charge in [-0.15, -0.1) is 0 Å². The molecule has 0 aliphatic rings. The highest BCUT2D eigenvalue weighted by Gasteiger charge is 2.11. The fourth-order valence-electron chi connectivity index (χ4n) is 1.68. The lowest BCUT2D eigenvalue weighted by atomic mass is 9.99. The predicted molar refractivity (Wildman–Crippen MR) is 61.8 cm³/mol. The normalized spacial score (nSPS) is 12.4. The lowest BCUT2D eigenvalue weighted by Gasteiger charge is -2.12. The molecule has 1 aromatic heterocycles. The summed E-state index contributed by atoms with van der Waals surface area (Å²) in [7, 11) is 0. The molecule has 1 unspecified atom stereocenters. The van der Waals surface area contributed by atoms with Crippen molar-refractivity contribution >= 4 is 0 Å². The fraction of sp³-hybridized carbons (Fsp3) is 0.231. The maximum absolute atomic E-state index is 13.1. The first-order valence-electron chi connectivity index (χ1n) is 5.36. The van der Waals surface area contributed by atoms with Crippen LogP contribution in [0.15, 0.2) is 36.7 Å². The molecule has 0 radical (unpaired) electrons. The van der Waals surface area contributed by atoms with Crippen molar-refractivity contribution in [1.29, 1.82) is 0 Å². The summed E-state index contributed by atoms with van der Waals surface area (Å²) < 4.78 is 13.1. The second kappa shape index (κ2) is 5.01. The lowest BCUT2D eigenvalue weighted by Crippen LogP contribution is -2.04. The molecule has 0 aliphatic heterocycles. The Hall–Kier alpha value is -1.81. The minimum absolute atomic E-state index is 0.286. The number of hydrogen-bond acceptors (Lipinski definition) is 3. The van der Waals surface area contributed by atoms with E-state index in [1.807, 2.05) is 6.92 Å². The number of aryl methyl sites for hydroxylation is 1. The van der Waals surface area contributed by atoms with Gasteiger partial charge < -0.3 is 5.11 Å². The number of nitrogens with zero attached hydrogens (tertiary/aromatic N) is 2. The van der Waals surface area contributed by atoms with E-state index in [0.717, 1.165) is 11.1 Å². The Bertz CT molecular complexity index is 502. The Kier molecular flexibility index (Phi) is 3.44. The molecular weight excluding hydrogens is 219 g/mol. The molecule has 1 N–H and O–H groups in total. The minimum Gasteiger partial charge on any atom is -0.388 e. The van der Waals surface area contributed by atoms with Crippen LogP contribution in [0.3, 0.4) is 0 Å². The maximum Gasteiger partial charge on any atom is 0.123 e. The third-order valence-corrected chi connectivity index (χ3v) is 2.72. The van der Waals surface area contributed by atoms with Gasteiger partial charge in [0.1, 0.15) is 5.82 Å². The second-order valence-corrected chi connectivity index (χ2v) is 3.97. The van der Waals surface area contributed by atoms with Crippen molar-refractivity contribution in [2.75, 3.05) is 0 Å². The highest BCUT2D eigenvalue weighted by atomic mass is 19.1. The van der Waals surface area contributed by atoms with Crippen LogP contribution in [0.2, 0.25) is 0 Å². The SMILES string of the molecule is Cc1ccc(F)cc1CC(O)c1ccnnc1. The third-order valence-electron chi connectivity index (χ3n) is 2.72. The van der Waals surface area contributed by atoms with Crippen molar-refractivity contribution in [2.45, 2.75) is 19.4 Å². The predicted octanol–water partition coefficient (Wildman–Crippen LogP) is 2.20. The van der Waals surface area contributed by atoms with E-state index in [1.54, 1.807) is 12.1 Å². The maximum atomic E-state index is 13.1. The van der Waals surface area contributed by atoms with Crippen LogP contribution in [0.25, 0.3) is 0 Å². The molecule has 0 saturated heterocycles. The van der Waals surface area contributed by atoms with Gasteiger partial charge in [-0.3, -0.25) is 0 Å². The van der Waals surface area contributed by atoms with Crippen molar-refractivity contribution in [3.63, 3.8) is 0 Å². The zero-order valence-corrected chi connectivity index (χ0v) is 9.47. The van der Waals surface area contributed by atoms with Crippen molar-refractivity contribution in [2.24, 2.45) is 0 Å². The van der Waals surface area contributed by atoms with Crippen LogP contribution in [0, 0.1) is 12.7 Å². The Morgan fingerprint density at radius 3 is 2.82 bits per heavy atom. The van der Waals surface area contributed by atoms with Crippen LogP contribution in [0.4, 0.5) is 4.39 Å². The Morgan fingerprint density at radius 2 is 2.12 bits per heavy atom. The van der Waals surface area contributed by atoms with Gasteiger partial charge in [-0.1, -0.05) is 6.07 Å². The zero-order chi connectivity index (χ0) is 12.3. The van der Waals surface area contributed by atoms with Gasteiger partial charge >= 0.3 is 0 Å². The van der Waals surface area contributed by atoms with Crippen LogP contribution >= 0.6 is 0 Å². The number of halogens is 1. The van der Waals surface area contributed by atoms with Crippen molar-refractivity contribution in [3.05, 3.63) is 59.2 Å². The average molecular weight is 232 g/mol. The van der Waals surface area contributed by atoms with E-state index in [2.05, 4.69) is 10.2 Å². The molecule has 2 aromatic rings. The number of aliphatic hydroxyl groups excluding tert-OH is 1. The fourth-order valence-corrected chi connectivity index (χ4v) is 1.68. The van der Waals surface area contributed by atoms with Crippen molar-refractivity contribution < 1.29 is 9.50 Å². The standard InChI is InChI=1S/C13H13FN2O/c1-9-2-3-12(14)6-11(9)7-13(17)10-4-5-15-16-8-10/h2-6,8,13,17H,7H2,1H3. The summed E-state index contributed by atoms with van der Waals surface area (Å²) in [5, 5.41) is 17.3. The van der Waals surface area contributed by atoms with E-state index in [-0.39, 0.29) is 5.82 Å².